The molecule has 2 unspecified atom stereocenters. The Morgan fingerprint density at radius 2 is 2.16 bits per heavy atom. The number of nitrogens with one attached hydrogen (secondary N) is 1. The zero-order valence-corrected chi connectivity index (χ0v) is 13.0. The standard InChI is InChI=1S/C14H19BrFNO2/c1-4-9(3)17-13(14(18)19-5-2)11-7-6-10(15)8-12(11)16/h6-9,13,17H,4-5H2,1-3H3. The van der Waals surface area contributed by atoms with Crippen LogP contribution < -0.4 is 5.32 Å². The molecule has 1 aromatic carbocycles. The number of hydrogen-bond donors (Lipinski definition) is 1. The molecule has 19 heavy (non-hydrogen) atoms. The molecule has 1 aromatic rings. The van der Waals surface area contributed by atoms with E-state index in [4.69, 9.17) is 4.74 Å². The van der Waals surface area contributed by atoms with Crippen molar-refractivity contribution in [1.82, 2.24) is 5.32 Å². The fourth-order valence-corrected chi connectivity index (χ4v) is 1.98. The highest BCUT2D eigenvalue weighted by Crippen LogP contribution is 2.23. The molecule has 0 bridgehead atoms. The smallest absolute Gasteiger partial charge is 0.327 e. The third-order valence-corrected chi connectivity index (χ3v) is 3.35. The molecule has 0 spiro atoms. The van der Waals surface area contributed by atoms with Gasteiger partial charge < -0.3 is 4.74 Å². The van der Waals surface area contributed by atoms with Crippen molar-refractivity contribution in [2.45, 2.75) is 39.3 Å². The average Bonchev–Trinajstić information content (AvgIpc) is 2.36. The Morgan fingerprint density at radius 3 is 2.68 bits per heavy atom. The van der Waals surface area contributed by atoms with Crippen molar-refractivity contribution in [2.75, 3.05) is 6.61 Å². The topological polar surface area (TPSA) is 38.3 Å². The third-order valence-electron chi connectivity index (χ3n) is 2.86. The lowest BCUT2D eigenvalue weighted by Gasteiger charge is -2.22. The van der Waals surface area contributed by atoms with Gasteiger partial charge in [-0.05, 0) is 32.4 Å². The normalized spacial score (nSPS) is 13.9. The van der Waals surface area contributed by atoms with E-state index in [-0.39, 0.29) is 12.6 Å². The maximum Gasteiger partial charge on any atom is 0.327 e. The highest BCUT2D eigenvalue weighted by Gasteiger charge is 2.26. The van der Waals surface area contributed by atoms with E-state index in [9.17, 15) is 9.18 Å². The van der Waals surface area contributed by atoms with E-state index in [1.807, 2.05) is 13.8 Å². The van der Waals surface area contributed by atoms with Crippen molar-refractivity contribution >= 4 is 21.9 Å². The Kier molecular flexibility index (Phi) is 6.45. The number of benzene rings is 1. The lowest BCUT2D eigenvalue weighted by atomic mass is 10.0. The molecule has 0 fully saturated rings. The van der Waals surface area contributed by atoms with Gasteiger partial charge in [-0.3, -0.25) is 5.32 Å². The number of rotatable bonds is 6. The summed E-state index contributed by atoms with van der Waals surface area (Å²) in [4.78, 5) is 12.0. The minimum Gasteiger partial charge on any atom is -0.465 e. The van der Waals surface area contributed by atoms with Crippen LogP contribution in [0, 0.1) is 5.82 Å². The fraction of sp³-hybridized carbons (Fsp3) is 0.500. The van der Waals surface area contributed by atoms with E-state index in [0.717, 1.165) is 6.42 Å². The zero-order valence-electron chi connectivity index (χ0n) is 11.4. The second kappa shape index (κ2) is 7.60. The van der Waals surface area contributed by atoms with E-state index >= 15 is 0 Å². The Hall–Kier alpha value is -0.940. The van der Waals surface area contributed by atoms with Gasteiger partial charge in [0.1, 0.15) is 11.9 Å². The molecular formula is C14H19BrFNO2. The van der Waals surface area contributed by atoms with Crippen LogP contribution in [0.15, 0.2) is 22.7 Å². The second-order valence-electron chi connectivity index (χ2n) is 4.33. The minimum absolute atomic E-state index is 0.0949. The van der Waals surface area contributed by atoms with Gasteiger partial charge in [0.05, 0.1) is 6.61 Å². The highest BCUT2D eigenvalue weighted by molar-refractivity contribution is 9.10. The first-order chi connectivity index (χ1) is 8.99. The molecule has 0 saturated heterocycles. The SMILES string of the molecule is CCOC(=O)C(NC(C)CC)c1ccc(Br)cc1F. The Labute approximate surface area is 121 Å². The first-order valence-electron chi connectivity index (χ1n) is 6.37. The predicted molar refractivity (Wildman–Crippen MR) is 76.4 cm³/mol. The molecule has 0 aliphatic carbocycles. The van der Waals surface area contributed by atoms with Crippen LogP contribution in [0.2, 0.25) is 0 Å². The quantitative estimate of drug-likeness (QED) is 0.809. The van der Waals surface area contributed by atoms with E-state index in [1.165, 1.54) is 6.07 Å². The molecule has 0 radical (unpaired) electrons. The van der Waals surface area contributed by atoms with E-state index in [0.29, 0.717) is 10.0 Å². The second-order valence-corrected chi connectivity index (χ2v) is 5.24. The first kappa shape index (κ1) is 16.1. The lowest BCUT2D eigenvalue weighted by molar-refractivity contribution is -0.146. The van der Waals surface area contributed by atoms with Crippen molar-refractivity contribution in [3.63, 3.8) is 0 Å². The van der Waals surface area contributed by atoms with Crippen LogP contribution in [0.25, 0.3) is 0 Å². The van der Waals surface area contributed by atoms with Crippen molar-refractivity contribution in [1.29, 1.82) is 0 Å². The van der Waals surface area contributed by atoms with Gasteiger partial charge in [-0.25, -0.2) is 9.18 Å². The summed E-state index contributed by atoms with van der Waals surface area (Å²) >= 11 is 3.20. The van der Waals surface area contributed by atoms with Crippen LogP contribution in [0.4, 0.5) is 4.39 Å². The van der Waals surface area contributed by atoms with Gasteiger partial charge in [0.2, 0.25) is 0 Å². The molecule has 106 valence electrons. The fourth-order valence-electron chi connectivity index (χ4n) is 1.65. The molecule has 0 aliphatic heterocycles. The first-order valence-corrected chi connectivity index (χ1v) is 7.16. The number of esters is 1. The summed E-state index contributed by atoms with van der Waals surface area (Å²) in [5, 5.41) is 3.10. The summed E-state index contributed by atoms with van der Waals surface area (Å²) in [6, 6.07) is 3.97. The summed E-state index contributed by atoms with van der Waals surface area (Å²) in [5.41, 5.74) is 0.307. The summed E-state index contributed by atoms with van der Waals surface area (Å²) in [6.45, 7) is 5.95. The van der Waals surface area contributed by atoms with Crippen molar-refractivity contribution in [3.8, 4) is 0 Å². The summed E-state index contributed by atoms with van der Waals surface area (Å²) < 4.78 is 19.6. The third kappa shape index (κ3) is 4.58. The average molecular weight is 332 g/mol. The highest BCUT2D eigenvalue weighted by atomic mass is 79.9. The number of ether oxygens (including phenoxy) is 1. The van der Waals surface area contributed by atoms with Crippen molar-refractivity contribution < 1.29 is 13.9 Å². The van der Waals surface area contributed by atoms with Gasteiger partial charge in [0, 0.05) is 16.1 Å². The van der Waals surface area contributed by atoms with Crippen LogP contribution in [-0.4, -0.2) is 18.6 Å². The van der Waals surface area contributed by atoms with Crippen LogP contribution in [0.3, 0.4) is 0 Å². The van der Waals surface area contributed by atoms with Gasteiger partial charge in [0.15, 0.2) is 0 Å². The molecule has 2 atom stereocenters. The Morgan fingerprint density at radius 1 is 1.47 bits per heavy atom. The van der Waals surface area contributed by atoms with Gasteiger partial charge in [-0.1, -0.05) is 28.9 Å². The number of carbonyl (C=O) groups excluding carboxylic acids is 1. The summed E-state index contributed by atoms with van der Waals surface area (Å²) in [6.07, 6.45) is 0.841. The molecule has 0 heterocycles. The van der Waals surface area contributed by atoms with Crippen LogP contribution in [-0.2, 0) is 9.53 Å². The monoisotopic (exact) mass is 331 g/mol. The number of hydrogen-bond acceptors (Lipinski definition) is 3. The van der Waals surface area contributed by atoms with E-state index < -0.39 is 17.8 Å². The van der Waals surface area contributed by atoms with Crippen LogP contribution in [0.5, 0.6) is 0 Å². The van der Waals surface area contributed by atoms with E-state index in [2.05, 4.69) is 21.2 Å². The maximum atomic E-state index is 14.0. The Balaban J connectivity index is 3.03. The molecule has 0 aliphatic rings. The molecule has 1 N–H and O–H groups in total. The van der Waals surface area contributed by atoms with E-state index in [1.54, 1.807) is 19.1 Å². The molecule has 0 saturated carbocycles. The van der Waals surface area contributed by atoms with Gasteiger partial charge in [0.25, 0.3) is 0 Å². The number of carbonyl (C=O) groups is 1. The van der Waals surface area contributed by atoms with Gasteiger partial charge >= 0.3 is 5.97 Å². The summed E-state index contributed by atoms with van der Waals surface area (Å²) in [5.74, 6) is -0.882. The Bertz CT molecular complexity index is 439. The van der Waals surface area contributed by atoms with Crippen LogP contribution >= 0.6 is 15.9 Å². The lowest BCUT2D eigenvalue weighted by Crippen LogP contribution is -2.36. The molecule has 0 aromatic heterocycles. The molecule has 0 amide bonds. The molecule has 1 rings (SSSR count). The van der Waals surface area contributed by atoms with Crippen molar-refractivity contribution in [3.05, 3.63) is 34.1 Å². The molecule has 5 heteroatoms. The molecular weight excluding hydrogens is 313 g/mol. The van der Waals surface area contributed by atoms with Gasteiger partial charge in [-0.2, -0.15) is 0 Å². The van der Waals surface area contributed by atoms with Crippen LogP contribution in [0.1, 0.15) is 38.8 Å². The number of halogens is 2. The molecule has 3 nitrogen and oxygen atoms in total. The van der Waals surface area contributed by atoms with Gasteiger partial charge in [-0.15, -0.1) is 0 Å². The minimum atomic E-state index is -0.775. The maximum absolute atomic E-state index is 14.0. The largest absolute Gasteiger partial charge is 0.465 e. The predicted octanol–water partition coefficient (Wildman–Crippen LogP) is 3.58. The summed E-state index contributed by atoms with van der Waals surface area (Å²) in [7, 11) is 0. The van der Waals surface area contributed by atoms with Crippen molar-refractivity contribution in [2.24, 2.45) is 0 Å². The zero-order chi connectivity index (χ0) is 14.4.